The van der Waals surface area contributed by atoms with Gasteiger partial charge in [-0.1, -0.05) is 11.6 Å². The van der Waals surface area contributed by atoms with Gasteiger partial charge >= 0.3 is 6.09 Å². The number of carbonyl (C=O) groups is 2. The number of piperidine rings is 1. The van der Waals surface area contributed by atoms with Crippen LogP contribution in [0.2, 0.25) is 5.02 Å². The van der Waals surface area contributed by atoms with E-state index >= 15 is 0 Å². The molecule has 0 saturated carbocycles. The third-order valence-corrected chi connectivity index (χ3v) is 3.81. The number of halogens is 1. The smallest absolute Gasteiger partial charge is 0.407 e. The third kappa shape index (κ3) is 4.01. The summed E-state index contributed by atoms with van der Waals surface area (Å²) in [5.74, 6) is 0.0309. The first-order valence-corrected chi connectivity index (χ1v) is 7.05. The maximum atomic E-state index is 11.2. The van der Waals surface area contributed by atoms with Gasteiger partial charge in [0, 0.05) is 19.0 Å². The van der Waals surface area contributed by atoms with Gasteiger partial charge in [-0.15, -0.1) is 0 Å². The minimum absolute atomic E-state index is 0.141. The first-order valence-electron chi connectivity index (χ1n) is 6.67. The molecular weight excluding hydrogens is 296 g/mol. The van der Waals surface area contributed by atoms with Gasteiger partial charge in [0.15, 0.2) is 0 Å². The average molecular weight is 313 g/mol. The number of carboxylic acid groups (broad SMARTS) is 1. The Hall–Kier alpha value is -1.95. The van der Waals surface area contributed by atoms with Gasteiger partial charge in [0.2, 0.25) is 5.91 Å². The van der Waals surface area contributed by atoms with Crippen LogP contribution >= 0.6 is 11.6 Å². The maximum absolute atomic E-state index is 11.2. The lowest BCUT2D eigenvalue weighted by Crippen LogP contribution is -2.40. The maximum Gasteiger partial charge on any atom is 0.407 e. The fourth-order valence-electron chi connectivity index (χ4n) is 2.37. The molecule has 21 heavy (non-hydrogen) atoms. The van der Waals surface area contributed by atoms with E-state index in [-0.39, 0.29) is 16.5 Å². The second-order valence-corrected chi connectivity index (χ2v) is 5.46. The van der Waals surface area contributed by atoms with Crippen molar-refractivity contribution in [3.05, 3.63) is 28.8 Å². The van der Waals surface area contributed by atoms with Crippen LogP contribution in [0.1, 0.15) is 23.2 Å². The van der Waals surface area contributed by atoms with Gasteiger partial charge in [0.1, 0.15) is 5.75 Å². The van der Waals surface area contributed by atoms with E-state index in [2.05, 4.69) is 0 Å². The highest BCUT2D eigenvalue weighted by Crippen LogP contribution is 2.23. The molecule has 6 nitrogen and oxygen atoms in total. The molecule has 1 atom stereocenters. The molecule has 1 unspecified atom stereocenters. The van der Waals surface area contributed by atoms with Crippen LogP contribution in [0.25, 0.3) is 0 Å². The summed E-state index contributed by atoms with van der Waals surface area (Å²) in [7, 11) is 0. The largest absolute Gasteiger partial charge is 0.493 e. The summed E-state index contributed by atoms with van der Waals surface area (Å²) in [6.45, 7) is 1.42. The Morgan fingerprint density at radius 2 is 2.24 bits per heavy atom. The van der Waals surface area contributed by atoms with Gasteiger partial charge in [-0.25, -0.2) is 4.79 Å². The minimum Gasteiger partial charge on any atom is -0.493 e. The van der Waals surface area contributed by atoms with E-state index in [1.54, 1.807) is 12.1 Å². The zero-order chi connectivity index (χ0) is 15.4. The molecule has 2 amide bonds. The Balaban J connectivity index is 1.95. The van der Waals surface area contributed by atoms with Gasteiger partial charge < -0.3 is 20.5 Å². The second kappa shape index (κ2) is 6.67. The molecule has 0 radical (unpaired) electrons. The number of carbonyl (C=O) groups excluding carboxylic acids is 1. The second-order valence-electron chi connectivity index (χ2n) is 5.05. The SMILES string of the molecule is NC(=O)c1cc(OCC2CCCN(C(=O)O)C2)ccc1Cl. The molecule has 1 aliphatic rings. The zero-order valence-corrected chi connectivity index (χ0v) is 12.2. The van der Waals surface area contributed by atoms with Crippen molar-refractivity contribution in [2.24, 2.45) is 11.7 Å². The van der Waals surface area contributed by atoms with Crippen molar-refractivity contribution in [1.29, 1.82) is 0 Å². The number of rotatable bonds is 4. The number of amides is 2. The van der Waals surface area contributed by atoms with Gasteiger partial charge in [-0.05, 0) is 31.0 Å². The van der Waals surface area contributed by atoms with E-state index in [0.29, 0.717) is 25.4 Å². The van der Waals surface area contributed by atoms with Crippen molar-refractivity contribution in [1.82, 2.24) is 4.90 Å². The van der Waals surface area contributed by atoms with Crippen LogP contribution in [0.3, 0.4) is 0 Å². The fourth-order valence-corrected chi connectivity index (χ4v) is 2.58. The summed E-state index contributed by atoms with van der Waals surface area (Å²) in [4.78, 5) is 23.6. The molecule has 1 aliphatic heterocycles. The number of nitrogens with two attached hydrogens (primary N) is 1. The lowest BCUT2D eigenvalue weighted by atomic mass is 9.99. The summed E-state index contributed by atoms with van der Waals surface area (Å²) in [5, 5.41) is 9.27. The van der Waals surface area contributed by atoms with Crippen molar-refractivity contribution in [3.63, 3.8) is 0 Å². The van der Waals surface area contributed by atoms with Crippen LogP contribution in [0.15, 0.2) is 18.2 Å². The van der Waals surface area contributed by atoms with Crippen LogP contribution in [-0.4, -0.2) is 41.7 Å². The molecule has 0 aliphatic carbocycles. The number of hydrogen-bond acceptors (Lipinski definition) is 3. The predicted molar refractivity (Wildman–Crippen MR) is 77.8 cm³/mol. The fraction of sp³-hybridized carbons (Fsp3) is 0.429. The van der Waals surface area contributed by atoms with E-state index in [1.807, 2.05) is 0 Å². The Labute approximate surface area is 127 Å². The van der Waals surface area contributed by atoms with Gasteiger partial charge in [0.25, 0.3) is 0 Å². The minimum atomic E-state index is -0.901. The first-order chi connectivity index (χ1) is 9.97. The Bertz CT molecular complexity index is 550. The number of hydrogen-bond donors (Lipinski definition) is 2. The summed E-state index contributed by atoms with van der Waals surface area (Å²) in [6, 6.07) is 4.72. The monoisotopic (exact) mass is 312 g/mol. The molecule has 0 aromatic heterocycles. The van der Waals surface area contributed by atoms with Gasteiger partial charge in [-0.2, -0.15) is 0 Å². The van der Waals surface area contributed by atoms with Gasteiger partial charge in [-0.3, -0.25) is 4.79 Å². The van der Waals surface area contributed by atoms with E-state index in [9.17, 15) is 9.59 Å². The highest BCUT2D eigenvalue weighted by molar-refractivity contribution is 6.33. The molecule has 1 saturated heterocycles. The Kier molecular flexibility index (Phi) is 4.90. The first kappa shape index (κ1) is 15.4. The Morgan fingerprint density at radius 1 is 1.48 bits per heavy atom. The van der Waals surface area contributed by atoms with Crippen molar-refractivity contribution in [2.45, 2.75) is 12.8 Å². The van der Waals surface area contributed by atoms with Crippen LogP contribution in [0, 0.1) is 5.92 Å². The highest BCUT2D eigenvalue weighted by atomic mass is 35.5. The van der Waals surface area contributed by atoms with Crippen molar-refractivity contribution < 1.29 is 19.4 Å². The summed E-state index contributed by atoms with van der Waals surface area (Å²) < 4.78 is 5.63. The number of nitrogens with zero attached hydrogens (tertiary/aromatic N) is 1. The highest BCUT2D eigenvalue weighted by Gasteiger charge is 2.23. The molecular formula is C14H17ClN2O4. The predicted octanol–water partition coefficient (Wildman–Crippen LogP) is 2.21. The number of primary amides is 1. The van der Waals surface area contributed by atoms with Crippen LogP contribution in [0.5, 0.6) is 5.75 Å². The topological polar surface area (TPSA) is 92.9 Å². The normalized spacial score (nSPS) is 18.3. The van der Waals surface area contributed by atoms with E-state index in [1.165, 1.54) is 11.0 Å². The van der Waals surface area contributed by atoms with E-state index in [0.717, 1.165) is 12.8 Å². The summed E-state index contributed by atoms with van der Waals surface area (Å²) in [5.41, 5.74) is 5.44. The molecule has 0 spiro atoms. The summed E-state index contributed by atoms with van der Waals surface area (Å²) in [6.07, 6.45) is 0.843. The molecule has 3 N–H and O–H groups in total. The molecule has 1 aromatic carbocycles. The average Bonchev–Trinajstić information content (AvgIpc) is 2.46. The molecule has 1 heterocycles. The molecule has 1 fully saturated rings. The zero-order valence-electron chi connectivity index (χ0n) is 11.4. The quantitative estimate of drug-likeness (QED) is 0.891. The van der Waals surface area contributed by atoms with Crippen LogP contribution in [0.4, 0.5) is 4.79 Å². The van der Waals surface area contributed by atoms with Crippen LogP contribution in [-0.2, 0) is 0 Å². The van der Waals surface area contributed by atoms with Crippen LogP contribution < -0.4 is 10.5 Å². The number of likely N-dealkylation sites (tertiary alicyclic amines) is 1. The van der Waals surface area contributed by atoms with E-state index < -0.39 is 12.0 Å². The van der Waals surface area contributed by atoms with Crippen molar-refractivity contribution >= 4 is 23.6 Å². The molecule has 7 heteroatoms. The third-order valence-electron chi connectivity index (χ3n) is 3.48. The lowest BCUT2D eigenvalue weighted by Gasteiger charge is -2.30. The standard InChI is InChI=1S/C14H17ClN2O4/c15-12-4-3-10(6-11(12)13(16)18)21-8-9-2-1-5-17(7-9)14(19)20/h3-4,6,9H,1-2,5,7-8H2,(H2,16,18)(H,19,20). The molecule has 0 bridgehead atoms. The molecule has 2 rings (SSSR count). The lowest BCUT2D eigenvalue weighted by molar-refractivity contribution is 0.0994. The molecule has 1 aromatic rings. The number of benzene rings is 1. The van der Waals surface area contributed by atoms with Gasteiger partial charge in [0.05, 0.1) is 17.2 Å². The van der Waals surface area contributed by atoms with Crippen molar-refractivity contribution in [2.75, 3.05) is 19.7 Å². The Morgan fingerprint density at radius 3 is 2.90 bits per heavy atom. The number of ether oxygens (including phenoxy) is 1. The van der Waals surface area contributed by atoms with Crippen molar-refractivity contribution in [3.8, 4) is 5.75 Å². The van der Waals surface area contributed by atoms with E-state index in [4.69, 9.17) is 27.2 Å². The molecule has 114 valence electrons. The summed E-state index contributed by atoms with van der Waals surface area (Å²) >= 11 is 5.87.